The lowest BCUT2D eigenvalue weighted by Crippen LogP contribution is -2.54. The molecule has 0 unspecified atom stereocenters. The lowest BCUT2D eigenvalue weighted by Gasteiger charge is -2.34. The largest absolute Gasteiger partial charge is 0.350 e. The van der Waals surface area contributed by atoms with Gasteiger partial charge in [-0.2, -0.15) is 0 Å². The lowest BCUT2D eigenvalue weighted by molar-refractivity contribution is -0.141. The second-order valence-corrected chi connectivity index (χ2v) is 11.2. The van der Waals surface area contributed by atoms with Crippen molar-refractivity contribution in [3.63, 3.8) is 0 Å². The van der Waals surface area contributed by atoms with Crippen LogP contribution in [0.5, 0.6) is 0 Å². The summed E-state index contributed by atoms with van der Waals surface area (Å²) in [6.45, 7) is 8.19. The van der Waals surface area contributed by atoms with Gasteiger partial charge in [0.15, 0.2) is 0 Å². The Morgan fingerprint density at radius 2 is 1.46 bits per heavy atom. The van der Waals surface area contributed by atoms with Crippen molar-refractivity contribution in [3.05, 3.63) is 105 Å². The highest BCUT2D eigenvalue weighted by molar-refractivity contribution is 6.42. The smallest absolute Gasteiger partial charge is 0.243 e. The van der Waals surface area contributed by atoms with E-state index in [1.54, 1.807) is 17.0 Å². The van der Waals surface area contributed by atoms with Crippen molar-refractivity contribution in [2.75, 3.05) is 0 Å². The number of rotatable bonds is 10. The summed E-state index contributed by atoms with van der Waals surface area (Å²) in [4.78, 5) is 29.1. The van der Waals surface area contributed by atoms with Gasteiger partial charge in [0.25, 0.3) is 0 Å². The number of halogens is 2. The van der Waals surface area contributed by atoms with Gasteiger partial charge in [0, 0.05) is 24.9 Å². The van der Waals surface area contributed by atoms with E-state index < -0.39 is 11.6 Å². The standard InChI is InChI=1S/C31H36Cl2N2O2/c1-5-22-11-13-23(14-12-22)16-18-29(36)35(21-25-15-17-26(32)27(33)19-25)28(30(37)34-31(2,3)4)20-24-9-7-6-8-10-24/h6-15,17,19,28H,5,16,18,20-21H2,1-4H3,(H,34,37)/t28-/m0/s1. The van der Waals surface area contributed by atoms with Crippen LogP contribution in [0, 0.1) is 0 Å². The van der Waals surface area contributed by atoms with Gasteiger partial charge in [0.2, 0.25) is 11.8 Å². The number of carbonyl (C=O) groups excluding carboxylic acids is 2. The van der Waals surface area contributed by atoms with Gasteiger partial charge in [-0.1, -0.05) is 90.8 Å². The van der Waals surface area contributed by atoms with Gasteiger partial charge >= 0.3 is 0 Å². The third-order valence-corrected chi connectivity index (χ3v) is 6.90. The first-order valence-electron chi connectivity index (χ1n) is 12.7. The Morgan fingerprint density at radius 3 is 2.05 bits per heavy atom. The maximum Gasteiger partial charge on any atom is 0.243 e. The molecule has 0 saturated carbocycles. The van der Waals surface area contributed by atoms with Crippen LogP contribution in [0.2, 0.25) is 10.0 Å². The summed E-state index contributed by atoms with van der Waals surface area (Å²) in [5.74, 6) is -0.271. The van der Waals surface area contributed by atoms with Crippen LogP contribution < -0.4 is 5.32 Å². The molecule has 0 saturated heterocycles. The molecule has 0 spiro atoms. The van der Waals surface area contributed by atoms with Crippen molar-refractivity contribution in [3.8, 4) is 0 Å². The Hall–Kier alpha value is -2.82. The number of aryl methyl sites for hydroxylation is 2. The van der Waals surface area contributed by atoms with Crippen molar-refractivity contribution in [1.29, 1.82) is 0 Å². The van der Waals surface area contributed by atoms with Gasteiger partial charge in [-0.3, -0.25) is 9.59 Å². The van der Waals surface area contributed by atoms with Crippen LogP contribution in [0.3, 0.4) is 0 Å². The highest BCUT2D eigenvalue weighted by atomic mass is 35.5. The molecule has 0 aliphatic heterocycles. The number of carbonyl (C=O) groups is 2. The monoisotopic (exact) mass is 538 g/mol. The summed E-state index contributed by atoms with van der Waals surface area (Å²) in [6, 6.07) is 22.8. The van der Waals surface area contributed by atoms with Gasteiger partial charge in [0.1, 0.15) is 6.04 Å². The van der Waals surface area contributed by atoms with E-state index in [0.717, 1.165) is 23.1 Å². The molecule has 0 aliphatic rings. The Balaban J connectivity index is 1.93. The molecular formula is C31H36Cl2N2O2. The molecule has 37 heavy (non-hydrogen) atoms. The fourth-order valence-corrected chi connectivity index (χ4v) is 4.50. The van der Waals surface area contributed by atoms with Gasteiger partial charge in [-0.05, 0) is 68.0 Å². The zero-order chi connectivity index (χ0) is 27.0. The first kappa shape index (κ1) is 28.7. The molecule has 1 atom stereocenters. The zero-order valence-corrected chi connectivity index (χ0v) is 23.6. The molecule has 1 N–H and O–H groups in total. The molecule has 0 heterocycles. The van der Waals surface area contributed by atoms with Gasteiger partial charge < -0.3 is 10.2 Å². The number of amides is 2. The SMILES string of the molecule is CCc1ccc(CCC(=O)N(Cc2ccc(Cl)c(Cl)c2)[C@@H](Cc2ccccc2)C(=O)NC(C)(C)C)cc1. The van der Waals surface area contributed by atoms with Crippen LogP contribution >= 0.6 is 23.2 Å². The predicted molar refractivity (Wildman–Crippen MR) is 153 cm³/mol. The van der Waals surface area contributed by atoms with E-state index in [9.17, 15) is 9.59 Å². The van der Waals surface area contributed by atoms with Crippen molar-refractivity contribution in [2.24, 2.45) is 0 Å². The van der Waals surface area contributed by atoms with Crippen molar-refractivity contribution < 1.29 is 9.59 Å². The Morgan fingerprint density at radius 1 is 0.838 bits per heavy atom. The fourth-order valence-electron chi connectivity index (χ4n) is 4.18. The summed E-state index contributed by atoms with van der Waals surface area (Å²) in [6.07, 6.45) is 2.27. The minimum Gasteiger partial charge on any atom is -0.350 e. The molecular weight excluding hydrogens is 503 g/mol. The molecule has 0 aromatic heterocycles. The van der Waals surface area contributed by atoms with Crippen LogP contribution in [0.15, 0.2) is 72.8 Å². The molecule has 3 aromatic rings. The van der Waals surface area contributed by atoms with Crippen molar-refractivity contribution in [1.82, 2.24) is 10.2 Å². The van der Waals surface area contributed by atoms with Crippen LogP contribution in [-0.2, 0) is 35.4 Å². The quantitative estimate of drug-likeness (QED) is 0.300. The predicted octanol–water partition coefficient (Wildman–Crippen LogP) is 7.04. The molecule has 0 bridgehead atoms. The number of nitrogens with zero attached hydrogens (tertiary/aromatic N) is 1. The molecule has 6 heteroatoms. The van der Waals surface area contributed by atoms with E-state index in [4.69, 9.17) is 23.2 Å². The first-order valence-corrected chi connectivity index (χ1v) is 13.5. The summed E-state index contributed by atoms with van der Waals surface area (Å²) in [7, 11) is 0. The molecule has 3 rings (SSSR count). The van der Waals surface area contributed by atoms with Crippen LogP contribution in [0.1, 0.15) is 56.4 Å². The second-order valence-electron chi connectivity index (χ2n) is 10.4. The van der Waals surface area contributed by atoms with Gasteiger partial charge in [0.05, 0.1) is 10.0 Å². The van der Waals surface area contributed by atoms with Crippen LogP contribution in [0.25, 0.3) is 0 Å². The van der Waals surface area contributed by atoms with Crippen LogP contribution in [0.4, 0.5) is 0 Å². The van der Waals surface area contributed by atoms with E-state index in [1.165, 1.54) is 5.56 Å². The average molecular weight is 540 g/mol. The Bertz CT molecular complexity index is 1190. The summed E-state index contributed by atoms with van der Waals surface area (Å²) in [5.41, 5.74) is 3.72. The van der Waals surface area contributed by atoms with E-state index in [-0.39, 0.29) is 18.4 Å². The van der Waals surface area contributed by atoms with Crippen LogP contribution in [-0.4, -0.2) is 28.3 Å². The third kappa shape index (κ3) is 8.91. The number of benzene rings is 3. The van der Waals surface area contributed by atoms with Crippen molar-refractivity contribution in [2.45, 2.75) is 71.5 Å². The second kappa shape index (κ2) is 13.1. The Labute approximate surface area is 231 Å². The minimum absolute atomic E-state index is 0.0874. The minimum atomic E-state index is -0.689. The van der Waals surface area contributed by atoms with Gasteiger partial charge in [-0.25, -0.2) is 0 Å². The summed E-state index contributed by atoms with van der Waals surface area (Å²) in [5, 5.41) is 3.95. The molecule has 4 nitrogen and oxygen atoms in total. The zero-order valence-electron chi connectivity index (χ0n) is 22.1. The maximum absolute atomic E-state index is 13.8. The highest BCUT2D eigenvalue weighted by Crippen LogP contribution is 2.25. The lowest BCUT2D eigenvalue weighted by atomic mass is 9.99. The van der Waals surface area contributed by atoms with E-state index in [2.05, 4.69) is 36.5 Å². The summed E-state index contributed by atoms with van der Waals surface area (Å²) < 4.78 is 0. The highest BCUT2D eigenvalue weighted by Gasteiger charge is 2.32. The number of nitrogens with one attached hydrogen (secondary N) is 1. The topological polar surface area (TPSA) is 49.4 Å². The maximum atomic E-state index is 13.8. The normalized spacial score (nSPS) is 12.2. The molecule has 0 fully saturated rings. The Kier molecular flexibility index (Phi) is 10.2. The molecule has 0 radical (unpaired) electrons. The van der Waals surface area contributed by atoms with Gasteiger partial charge in [-0.15, -0.1) is 0 Å². The number of hydrogen-bond acceptors (Lipinski definition) is 2. The summed E-state index contributed by atoms with van der Waals surface area (Å²) >= 11 is 12.4. The molecule has 0 aliphatic carbocycles. The molecule has 196 valence electrons. The van der Waals surface area contributed by atoms with E-state index >= 15 is 0 Å². The van der Waals surface area contributed by atoms with E-state index in [1.807, 2.05) is 57.2 Å². The third-order valence-electron chi connectivity index (χ3n) is 6.16. The first-order chi connectivity index (χ1) is 17.6. The molecule has 2 amide bonds. The molecule has 3 aromatic carbocycles. The van der Waals surface area contributed by atoms with Crippen molar-refractivity contribution >= 4 is 35.0 Å². The van der Waals surface area contributed by atoms with E-state index in [0.29, 0.717) is 29.3 Å². The average Bonchev–Trinajstić information content (AvgIpc) is 2.86. The fraction of sp³-hybridized carbons (Fsp3) is 0.355. The number of hydrogen-bond donors (Lipinski definition) is 1.